The number of hydrogen-bond donors (Lipinski definition) is 1. The second-order valence-corrected chi connectivity index (χ2v) is 7.21. The summed E-state index contributed by atoms with van der Waals surface area (Å²) in [5, 5.41) is 4.67. The highest BCUT2D eigenvalue weighted by atomic mass is 79.9. The number of hydrogen-bond acceptors (Lipinski definition) is 2. The van der Waals surface area contributed by atoms with Gasteiger partial charge in [-0.2, -0.15) is 11.8 Å². The molecule has 0 bridgehead atoms. The fraction of sp³-hybridized carbons (Fsp3) is 0.600. The number of benzene rings is 1. The molecule has 0 aliphatic heterocycles. The highest BCUT2D eigenvalue weighted by molar-refractivity contribution is 9.10. The molecule has 3 heteroatoms. The molecular formula is C15H22BrNS. The Hall–Kier alpha value is 0.01000. The lowest BCUT2D eigenvalue weighted by Crippen LogP contribution is -2.35. The SMILES string of the molecule is CSC1CCC(NC(C)c2cccc(Br)c2)CC1. The lowest BCUT2D eigenvalue weighted by molar-refractivity contribution is 0.352. The summed E-state index contributed by atoms with van der Waals surface area (Å²) in [5.41, 5.74) is 1.37. The van der Waals surface area contributed by atoms with Gasteiger partial charge in [-0.3, -0.25) is 0 Å². The molecule has 0 radical (unpaired) electrons. The Bertz CT molecular complexity index is 375. The van der Waals surface area contributed by atoms with Gasteiger partial charge >= 0.3 is 0 Å². The highest BCUT2D eigenvalue weighted by Crippen LogP contribution is 2.28. The molecule has 2 rings (SSSR count). The van der Waals surface area contributed by atoms with Crippen molar-refractivity contribution in [1.29, 1.82) is 0 Å². The van der Waals surface area contributed by atoms with Crippen molar-refractivity contribution < 1.29 is 0 Å². The number of thioether (sulfide) groups is 1. The van der Waals surface area contributed by atoms with Crippen LogP contribution in [0.25, 0.3) is 0 Å². The van der Waals surface area contributed by atoms with Crippen LogP contribution < -0.4 is 5.32 Å². The molecule has 1 aliphatic rings. The third-order valence-electron chi connectivity index (χ3n) is 3.84. The smallest absolute Gasteiger partial charge is 0.0294 e. The fourth-order valence-corrected chi connectivity index (χ4v) is 3.85. The lowest BCUT2D eigenvalue weighted by atomic mass is 9.94. The zero-order valence-electron chi connectivity index (χ0n) is 11.2. The summed E-state index contributed by atoms with van der Waals surface area (Å²) in [6, 6.07) is 9.75. The second kappa shape index (κ2) is 6.97. The molecule has 100 valence electrons. The first-order valence-corrected chi connectivity index (χ1v) is 8.81. The Morgan fingerprint density at radius 1 is 1.28 bits per heavy atom. The van der Waals surface area contributed by atoms with Gasteiger partial charge in [-0.25, -0.2) is 0 Å². The molecule has 0 heterocycles. The average molecular weight is 328 g/mol. The highest BCUT2D eigenvalue weighted by Gasteiger charge is 2.21. The van der Waals surface area contributed by atoms with E-state index in [0.717, 1.165) is 5.25 Å². The van der Waals surface area contributed by atoms with Crippen molar-refractivity contribution in [2.45, 2.75) is 49.9 Å². The Kier molecular flexibility index (Phi) is 5.58. The van der Waals surface area contributed by atoms with E-state index in [2.05, 4.69) is 58.7 Å². The van der Waals surface area contributed by atoms with Crippen molar-refractivity contribution in [2.75, 3.05) is 6.26 Å². The van der Waals surface area contributed by atoms with Crippen LogP contribution >= 0.6 is 27.7 Å². The molecule has 1 aromatic carbocycles. The Labute approximate surface area is 123 Å². The van der Waals surface area contributed by atoms with Crippen molar-refractivity contribution in [2.24, 2.45) is 0 Å². The minimum absolute atomic E-state index is 0.443. The third kappa shape index (κ3) is 4.01. The van der Waals surface area contributed by atoms with E-state index in [1.165, 1.54) is 35.7 Å². The van der Waals surface area contributed by atoms with E-state index in [1.54, 1.807) is 0 Å². The van der Waals surface area contributed by atoms with Crippen LogP contribution in [-0.4, -0.2) is 17.5 Å². The van der Waals surface area contributed by atoms with Gasteiger partial charge in [0.15, 0.2) is 0 Å². The Morgan fingerprint density at radius 2 is 2.00 bits per heavy atom. The molecule has 1 nitrogen and oxygen atoms in total. The molecular weight excluding hydrogens is 306 g/mol. The lowest BCUT2D eigenvalue weighted by Gasteiger charge is -2.30. The van der Waals surface area contributed by atoms with E-state index < -0.39 is 0 Å². The largest absolute Gasteiger partial charge is 0.307 e. The molecule has 1 atom stereocenters. The average Bonchev–Trinajstić information content (AvgIpc) is 2.39. The van der Waals surface area contributed by atoms with Crippen LogP contribution in [0.3, 0.4) is 0 Å². The predicted molar refractivity (Wildman–Crippen MR) is 85.3 cm³/mol. The predicted octanol–water partition coefficient (Wildman–Crippen LogP) is 4.77. The molecule has 0 saturated heterocycles. The van der Waals surface area contributed by atoms with Gasteiger partial charge < -0.3 is 5.32 Å². The first-order valence-electron chi connectivity index (χ1n) is 6.73. The molecule has 0 amide bonds. The molecule has 1 saturated carbocycles. The van der Waals surface area contributed by atoms with E-state index in [0.29, 0.717) is 12.1 Å². The number of halogens is 1. The first kappa shape index (κ1) is 14.4. The summed E-state index contributed by atoms with van der Waals surface area (Å²) in [7, 11) is 0. The zero-order chi connectivity index (χ0) is 13.0. The maximum absolute atomic E-state index is 3.78. The van der Waals surface area contributed by atoms with E-state index in [-0.39, 0.29) is 0 Å². The molecule has 18 heavy (non-hydrogen) atoms. The quantitative estimate of drug-likeness (QED) is 0.854. The van der Waals surface area contributed by atoms with Gasteiger partial charge in [0, 0.05) is 21.8 Å². The Balaban J connectivity index is 1.86. The Morgan fingerprint density at radius 3 is 2.61 bits per heavy atom. The maximum Gasteiger partial charge on any atom is 0.0294 e. The number of nitrogens with one attached hydrogen (secondary N) is 1. The molecule has 1 aromatic rings. The van der Waals surface area contributed by atoms with E-state index >= 15 is 0 Å². The first-order chi connectivity index (χ1) is 8.69. The normalized spacial score (nSPS) is 25.9. The van der Waals surface area contributed by atoms with E-state index in [4.69, 9.17) is 0 Å². The molecule has 1 aliphatic carbocycles. The van der Waals surface area contributed by atoms with Crippen LogP contribution in [0.1, 0.15) is 44.2 Å². The van der Waals surface area contributed by atoms with Gasteiger partial charge in [0.1, 0.15) is 0 Å². The minimum Gasteiger partial charge on any atom is -0.307 e. The van der Waals surface area contributed by atoms with Crippen LogP contribution in [0.15, 0.2) is 28.7 Å². The van der Waals surface area contributed by atoms with E-state index in [9.17, 15) is 0 Å². The topological polar surface area (TPSA) is 12.0 Å². The van der Waals surface area contributed by atoms with Crippen LogP contribution in [0, 0.1) is 0 Å². The van der Waals surface area contributed by atoms with Crippen molar-refractivity contribution in [3.05, 3.63) is 34.3 Å². The van der Waals surface area contributed by atoms with Crippen LogP contribution in [-0.2, 0) is 0 Å². The van der Waals surface area contributed by atoms with Crippen molar-refractivity contribution in [1.82, 2.24) is 5.32 Å². The minimum atomic E-state index is 0.443. The third-order valence-corrected chi connectivity index (χ3v) is 5.47. The van der Waals surface area contributed by atoms with Crippen molar-refractivity contribution in [3.8, 4) is 0 Å². The standard InChI is InChI=1S/C15H22BrNS/c1-11(12-4-3-5-13(16)10-12)17-14-6-8-15(18-2)9-7-14/h3-5,10-11,14-15,17H,6-9H2,1-2H3. The summed E-state index contributed by atoms with van der Waals surface area (Å²) in [5.74, 6) is 0. The second-order valence-electron chi connectivity index (χ2n) is 5.15. The van der Waals surface area contributed by atoms with Crippen LogP contribution in [0.2, 0.25) is 0 Å². The summed E-state index contributed by atoms with van der Waals surface area (Å²) in [6.45, 7) is 2.27. The maximum atomic E-state index is 3.78. The zero-order valence-corrected chi connectivity index (χ0v) is 13.6. The summed E-state index contributed by atoms with van der Waals surface area (Å²) in [6.07, 6.45) is 7.62. The van der Waals surface area contributed by atoms with Gasteiger partial charge in [-0.05, 0) is 56.6 Å². The monoisotopic (exact) mass is 327 g/mol. The summed E-state index contributed by atoms with van der Waals surface area (Å²) in [4.78, 5) is 0. The van der Waals surface area contributed by atoms with Gasteiger partial charge in [-0.15, -0.1) is 0 Å². The van der Waals surface area contributed by atoms with Gasteiger partial charge in [-0.1, -0.05) is 28.1 Å². The van der Waals surface area contributed by atoms with Crippen molar-refractivity contribution in [3.63, 3.8) is 0 Å². The molecule has 1 fully saturated rings. The number of rotatable bonds is 4. The van der Waals surface area contributed by atoms with E-state index in [1.807, 2.05) is 11.8 Å². The van der Waals surface area contributed by atoms with Gasteiger partial charge in [0.25, 0.3) is 0 Å². The molecule has 1 N–H and O–H groups in total. The van der Waals surface area contributed by atoms with Crippen LogP contribution in [0.5, 0.6) is 0 Å². The molecule has 0 aromatic heterocycles. The summed E-state index contributed by atoms with van der Waals surface area (Å²) >= 11 is 5.57. The molecule has 1 unspecified atom stereocenters. The van der Waals surface area contributed by atoms with Gasteiger partial charge in [0.2, 0.25) is 0 Å². The van der Waals surface area contributed by atoms with Gasteiger partial charge in [0.05, 0.1) is 0 Å². The summed E-state index contributed by atoms with van der Waals surface area (Å²) < 4.78 is 1.17. The fourth-order valence-electron chi connectivity index (χ4n) is 2.69. The van der Waals surface area contributed by atoms with Crippen LogP contribution in [0.4, 0.5) is 0 Å². The molecule has 0 spiro atoms. The van der Waals surface area contributed by atoms with Crippen molar-refractivity contribution >= 4 is 27.7 Å².